The Morgan fingerprint density at radius 2 is 2.20 bits per heavy atom. The van der Waals surface area contributed by atoms with Crippen molar-refractivity contribution in [2.24, 2.45) is 0 Å². The number of hydrogen-bond acceptors (Lipinski definition) is 9. The Hall–Kier alpha value is -3.57. The smallest absolute Gasteiger partial charge is 0.356 e. The Kier molecular flexibility index (Phi) is 5.29. The summed E-state index contributed by atoms with van der Waals surface area (Å²) in [6.07, 6.45) is 1.15. The number of carbonyl (C=O) groups excluding carboxylic acids is 1. The number of rotatable bonds is 7. The van der Waals surface area contributed by atoms with Crippen LogP contribution in [0.25, 0.3) is 21.8 Å². The van der Waals surface area contributed by atoms with Crippen molar-refractivity contribution in [3.63, 3.8) is 0 Å². The zero-order valence-corrected chi connectivity index (χ0v) is 16.8. The molecule has 0 aliphatic heterocycles. The number of pyridine rings is 1. The van der Waals surface area contributed by atoms with Crippen molar-refractivity contribution < 1.29 is 23.9 Å². The summed E-state index contributed by atoms with van der Waals surface area (Å²) in [6, 6.07) is 6.99. The van der Waals surface area contributed by atoms with E-state index < -0.39 is 10.9 Å². The molecule has 0 saturated carbocycles. The van der Waals surface area contributed by atoms with E-state index >= 15 is 0 Å². The van der Waals surface area contributed by atoms with Crippen molar-refractivity contribution in [1.29, 1.82) is 0 Å². The lowest BCUT2D eigenvalue weighted by atomic mass is 10.1. The number of esters is 1. The minimum absolute atomic E-state index is 0.118. The summed E-state index contributed by atoms with van der Waals surface area (Å²) in [5.74, 6) is -0.104. The molecule has 0 fully saturated rings. The largest absolute Gasteiger partial charge is 0.461 e. The molecule has 30 heavy (non-hydrogen) atoms. The second kappa shape index (κ2) is 8.05. The highest BCUT2D eigenvalue weighted by Gasteiger charge is 2.20. The average Bonchev–Trinajstić information content (AvgIpc) is 3.33. The van der Waals surface area contributed by atoms with Crippen LogP contribution < -0.4 is 4.74 Å². The van der Waals surface area contributed by atoms with Gasteiger partial charge in [0.25, 0.3) is 5.19 Å². The number of methoxy groups -OCH3 is 1. The van der Waals surface area contributed by atoms with Gasteiger partial charge in [-0.1, -0.05) is 6.07 Å². The maximum Gasteiger partial charge on any atom is 0.356 e. The molecule has 0 aliphatic carbocycles. The van der Waals surface area contributed by atoms with E-state index in [1.165, 1.54) is 7.11 Å². The minimum atomic E-state index is -0.542. The van der Waals surface area contributed by atoms with Crippen molar-refractivity contribution in [2.75, 3.05) is 13.7 Å². The molecule has 1 N–H and O–H groups in total. The fourth-order valence-electron chi connectivity index (χ4n) is 3.09. The molecule has 0 atom stereocenters. The summed E-state index contributed by atoms with van der Waals surface area (Å²) in [4.78, 5) is 34.3. The zero-order chi connectivity index (χ0) is 21.3. The van der Waals surface area contributed by atoms with Gasteiger partial charge in [-0.3, -0.25) is 10.1 Å². The summed E-state index contributed by atoms with van der Waals surface area (Å²) >= 11 is 0.829. The predicted octanol–water partition coefficient (Wildman–Crippen LogP) is 4.20. The molecular weight excluding hydrogens is 412 g/mol. The van der Waals surface area contributed by atoms with Gasteiger partial charge < -0.3 is 19.2 Å². The van der Waals surface area contributed by atoms with Gasteiger partial charge in [-0.15, -0.1) is 0 Å². The number of nitrogens with zero attached hydrogens (tertiary/aromatic N) is 3. The van der Waals surface area contributed by atoms with Crippen LogP contribution >= 0.6 is 11.3 Å². The first-order chi connectivity index (χ1) is 14.5. The van der Waals surface area contributed by atoms with Crippen LogP contribution in [0.4, 0.5) is 5.00 Å². The van der Waals surface area contributed by atoms with Gasteiger partial charge in [0.1, 0.15) is 17.6 Å². The number of fused-ring (bicyclic) bond motifs is 3. The SMILES string of the molecule is CCOC(=O)c1cc2c([nH]c3cccc(Oc4ncc([N+](=O)[O-])s4)c32)c(COC)n1. The number of aromatic amines is 1. The molecule has 11 heteroatoms. The summed E-state index contributed by atoms with van der Waals surface area (Å²) in [6.45, 7) is 2.13. The molecule has 154 valence electrons. The Bertz CT molecular complexity index is 1260. The van der Waals surface area contributed by atoms with Gasteiger partial charge in [-0.25, -0.2) is 14.8 Å². The molecule has 3 aromatic heterocycles. The fourth-order valence-corrected chi connectivity index (χ4v) is 3.69. The monoisotopic (exact) mass is 428 g/mol. The quantitative estimate of drug-likeness (QED) is 0.263. The van der Waals surface area contributed by atoms with Crippen LogP contribution in [0.15, 0.2) is 30.5 Å². The van der Waals surface area contributed by atoms with Crippen molar-refractivity contribution in [2.45, 2.75) is 13.5 Å². The van der Waals surface area contributed by atoms with Crippen LogP contribution in [0.2, 0.25) is 0 Å². The third kappa shape index (κ3) is 3.55. The van der Waals surface area contributed by atoms with Gasteiger partial charge in [-0.05, 0) is 36.5 Å². The van der Waals surface area contributed by atoms with Crippen LogP contribution in [-0.2, 0) is 16.1 Å². The molecule has 1 aromatic carbocycles. The van der Waals surface area contributed by atoms with Crippen molar-refractivity contribution in [1.82, 2.24) is 15.0 Å². The molecule has 0 spiro atoms. The highest BCUT2D eigenvalue weighted by Crippen LogP contribution is 2.38. The topological polar surface area (TPSA) is 129 Å². The van der Waals surface area contributed by atoms with E-state index in [1.807, 2.05) is 6.07 Å². The second-order valence-corrected chi connectivity index (χ2v) is 7.13. The lowest BCUT2D eigenvalue weighted by Crippen LogP contribution is -2.09. The Morgan fingerprint density at radius 1 is 1.37 bits per heavy atom. The van der Waals surface area contributed by atoms with Gasteiger partial charge in [0.2, 0.25) is 0 Å². The van der Waals surface area contributed by atoms with Crippen LogP contribution in [0.1, 0.15) is 23.1 Å². The summed E-state index contributed by atoms with van der Waals surface area (Å²) in [5, 5.41) is 12.3. The lowest BCUT2D eigenvalue weighted by Gasteiger charge is -2.07. The first kappa shape index (κ1) is 19.7. The van der Waals surface area contributed by atoms with E-state index in [0.29, 0.717) is 27.7 Å². The molecule has 0 amide bonds. The molecule has 10 nitrogen and oxygen atoms in total. The summed E-state index contributed by atoms with van der Waals surface area (Å²) in [5.41, 5.74) is 2.14. The minimum Gasteiger partial charge on any atom is -0.461 e. The number of thiazole rings is 1. The maximum absolute atomic E-state index is 12.3. The molecule has 0 saturated heterocycles. The predicted molar refractivity (Wildman–Crippen MR) is 109 cm³/mol. The summed E-state index contributed by atoms with van der Waals surface area (Å²) < 4.78 is 16.2. The van der Waals surface area contributed by atoms with Crippen LogP contribution in [0, 0.1) is 10.1 Å². The average molecular weight is 428 g/mol. The van der Waals surface area contributed by atoms with Crippen LogP contribution in [-0.4, -0.2) is 39.6 Å². The molecule has 0 unspecified atom stereocenters. The Labute approximate surface area is 173 Å². The molecule has 4 rings (SSSR count). The van der Waals surface area contributed by atoms with E-state index in [9.17, 15) is 14.9 Å². The van der Waals surface area contributed by atoms with Crippen LogP contribution in [0.3, 0.4) is 0 Å². The lowest BCUT2D eigenvalue weighted by molar-refractivity contribution is -0.380. The van der Waals surface area contributed by atoms with Gasteiger partial charge in [0.05, 0.1) is 40.3 Å². The zero-order valence-electron chi connectivity index (χ0n) is 16.0. The molecule has 3 heterocycles. The summed E-state index contributed by atoms with van der Waals surface area (Å²) in [7, 11) is 1.54. The van der Waals surface area contributed by atoms with E-state index in [1.54, 1.807) is 25.1 Å². The Balaban J connectivity index is 1.89. The normalized spacial score (nSPS) is 11.1. The van der Waals surface area contributed by atoms with Crippen molar-refractivity contribution >= 4 is 44.1 Å². The van der Waals surface area contributed by atoms with Gasteiger partial charge >= 0.3 is 11.0 Å². The number of nitrogens with one attached hydrogen (secondary N) is 1. The van der Waals surface area contributed by atoms with Crippen LogP contribution in [0.5, 0.6) is 10.9 Å². The number of benzene rings is 1. The first-order valence-electron chi connectivity index (χ1n) is 8.90. The van der Waals surface area contributed by atoms with Gasteiger partial charge in [-0.2, -0.15) is 0 Å². The highest BCUT2D eigenvalue weighted by atomic mass is 32.1. The van der Waals surface area contributed by atoms with Gasteiger partial charge in [0.15, 0.2) is 0 Å². The van der Waals surface area contributed by atoms with Crippen molar-refractivity contribution in [3.05, 3.63) is 52.0 Å². The van der Waals surface area contributed by atoms with E-state index in [0.717, 1.165) is 23.1 Å². The molecule has 0 aliphatic rings. The number of ether oxygens (including phenoxy) is 3. The Morgan fingerprint density at radius 3 is 2.90 bits per heavy atom. The second-order valence-electron chi connectivity index (χ2n) is 6.16. The highest BCUT2D eigenvalue weighted by molar-refractivity contribution is 7.16. The standard InChI is InChI=1S/C19H16N4O6S/c1-3-28-18(24)12-7-10-16-11(22-17(10)13(21-12)9-27-2)5-4-6-14(16)29-19-20-8-15(30-19)23(25)26/h4-8,22H,3,9H2,1-2H3. The maximum atomic E-state index is 12.3. The third-order valence-electron chi connectivity index (χ3n) is 4.26. The number of carbonyl (C=O) groups is 1. The molecule has 4 aromatic rings. The first-order valence-corrected chi connectivity index (χ1v) is 9.72. The van der Waals surface area contributed by atoms with E-state index in [4.69, 9.17) is 14.2 Å². The third-order valence-corrected chi connectivity index (χ3v) is 5.09. The fraction of sp³-hybridized carbons (Fsp3) is 0.211. The van der Waals surface area contributed by atoms with Gasteiger partial charge in [0, 0.05) is 12.5 Å². The molecular formula is C19H16N4O6S. The molecule has 0 bridgehead atoms. The molecule has 0 radical (unpaired) electrons. The number of H-pyrrole nitrogens is 1. The number of nitro groups is 1. The van der Waals surface area contributed by atoms with Crippen molar-refractivity contribution in [3.8, 4) is 10.9 Å². The number of hydrogen-bond donors (Lipinski definition) is 1. The van der Waals surface area contributed by atoms with E-state index in [-0.39, 0.29) is 29.1 Å². The van der Waals surface area contributed by atoms with E-state index in [2.05, 4.69) is 15.0 Å². The number of aromatic nitrogens is 3.